The van der Waals surface area contributed by atoms with Crippen molar-refractivity contribution in [1.82, 2.24) is 10.2 Å². The fourth-order valence-corrected chi connectivity index (χ4v) is 2.25. The van der Waals surface area contributed by atoms with E-state index in [0.29, 0.717) is 11.0 Å². The number of aromatic nitrogens is 2. The van der Waals surface area contributed by atoms with Gasteiger partial charge in [0.15, 0.2) is 5.15 Å². The molecule has 3 nitrogen and oxygen atoms in total. The van der Waals surface area contributed by atoms with Crippen molar-refractivity contribution in [3.05, 3.63) is 45.6 Å². The lowest BCUT2D eigenvalue weighted by Gasteiger charge is -2.23. The fourth-order valence-electron chi connectivity index (χ4n) is 2.07. The van der Waals surface area contributed by atoms with Crippen LogP contribution in [0, 0.1) is 20.8 Å². The number of aryl methyl sites for hydroxylation is 1. The van der Waals surface area contributed by atoms with Crippen molar-refractivity contribution >= 4 is 11.6 Å². The minimum absolute atomic E-state index is 0.00977. The van der Waals surface area contributed by atoms with E-state index < -0.39 is 0 Å². The molecule has 2 rings (SSSR count). The van der Waals surface area contributed by atoms with Crippen molar-refractivity contribution in [3.8, 4) is 11.6 Å². The molecule has 0 bridgehead atoms. The molecule has 1 aromatic heterocycles. The first-order valence-corrected chi connectivity index (χ1v) is 7.36. The highest BCUT2D eigenvalue weighted by atomic mass is 35.5. The van der Waals surface area contributed by atoms with E-state index in [9.17, 15) is 0 Å². The Labute approximate surface area is 131 Å². The predicted octanol–water partition coefficient (Wildman–Crippen LogP) is 5.15. The SMILES string of the molecule is Cc1ccc(Oc2nnc(Cl)c(C)c2C)c(C(C)(C)C)c1. The van der Waals surface area contributed by atoms with E-state index in [1.54, 1.807) is 0 Å². The van der Waals surface area contributed by atoms with E-state index in [4.69, 9.17) is 16.3 Å². The number of hydrogen-bond donors (Lipinski definition) is 0. The van der Waals surface area contributed by atoms with E-state index in [2.05, 4.69) is 44.0 Å². The summed E-state index contributed by atoms with van der Waals surface area (Å²) in [5.41, 5.74) is 4.16. The maximum absolute atomic E-state index is 6.03. The van der Waals surface area contributed by atoms with Gasteiger partial charge in [0.1, 0.15) is 5.75 Å². The molecule has 21 heavy (non-hydrogen) atoms. The van der Waals surface area contributed by atoms with E-state index >= 15 is 0 Å². The normalized spacial score (nSPS) is 11.6. The first-order valence-electron chi connectivity index (χ1n) is 6.98. The summed E-state index contributed by atoms with van der Waals surface area (Å²) < 4.78 is 6.03. The van der Waals surface area contributed by atoms with Crippen LogP contribution in [0.4, 0.5) is 0 Å². The van der Waals surface area contributed by atoms with Crippen molar-refractivity contribution < 1.29 is 4.74 Å². The molecule has 112 valence electrons. The van der Waals surface area contributed by atoms with Gasteiger partial charge in [0, 0.05) is 11.1 Å². The van der Waals surface area contributed by atoms with Crippen LogP contribution in [0.5, 0.6) is 11.6 Å². The topological polar surface area (TPSA) is 35.0 Å². The minimum atomic E-state index is -0.00977. The molecule has 4 heteroatoms. The molecular formula is C17H21ClN2O. The number of benzene rings is 1. The molecule has 1 aromatic carbocycles. The highest BCUT2D eigenvalue weighted by Gasteiger charge is 2.21. The van der Waals surface area contributed by atoms with Crippen LogP contribution in [0.1, 0.15) is 43.0 Å². The number of nitrogens with zero attached hydrogens (tertiary/aromatic N) is 2. The molecule has 0 saturated heterocycles. The van der Waals surface area contributed by atoms with Gasteiger partial charge in [0.25, 0.3) is 0 Å². The number of halogens is 1. The third-order valence-corrected chi connectivity index (χ3v) is 3.93. The summed E-state index contributed by atoms with van der Waals surface area (Å²) in [5, 5.41) is 8.43. The van der Waals surface area contributed by atoms with E-state index in [1.165, 1.54) is 5.56 Å². The minimum Gasteiger partial charge on any atom is -0.437 e. The van der Waals surface area contributed by atoms with Gasteiger partial charge in [0.05, 0.1) is 0 Å². The molecule has 0 radical (unpaired) electrons. The van der Waals surface area contributed by atoms with E-state index in [0.717, 1.165) is 22.4 Å². The van der Waals surface area contributed by atoms with Crippen LogP contribution < -0.4 is 4.74 Å². The van der Waals surface area contributed by atoms with Gasteiger partial charge >= 0.3 is 0 Å². The number of hydrogen-bond acceptors (Lipinski definition) is 3. The molecule has 1 heterocycles. The summed E-state index contributed by atoms with van der Waals surface area (Å²) >= 11 is 5.98. The van der Waals surface area contributed by atoms with Gasteiger partial charge in [-0.2, -0.15) is 0 Å². The fraction of sp³-hybridized carbons (Fsp3) is 0.412. The van der Waals surface area contributed by atoms with Crippen LogP contribution >= 0.6 is 11.6 Å². The second kappa shape index (κ2) is 5.64. The van der Waals surface area contributed by atoms with Crippen LogP contribution in [-0.4, -0.2) is 10.2 Å². The van der Waals surface area contributed by atoms with Crippen molar-refractivity contribution in [2.45, 2.75) is 47.0 Å². The average molecular weight is 305 g/mol. The quantitative estimate of drug-likeness (QED) is 0.770. The molecule has 0 spiro atoms. The molecule has 0 amide bonds. The maximum atomic E-state index is 6.03. The van der Waals surface area contributed by atoms with Crippen LogP contribution in [0.2, 0.25) is 5.15 Å². The first kappa shape index (κ1) is 15.8. The van der Waals surface area contributed by atoms with Crippen LogP contribution in [0.3, 0.4) is 0 Å². The molecular weight excluding hydrogens is 284 g/mol. The van der Waals surface area contributed by atoms with Gasteiger partial charge in [-0.05, 0) is 37.8 Å². The Morgan fingerprint density at radius 3 is 2.29 bits per heavy atom. The van der Waals surface area contributed by atoms with Gasteiger partial charge in [0.2, 0.25) is 5.88 Å². The van der Waals surface area contributed by atoms with Crippen LogP contribution in [0.15, 0.2) is 18.2 Å². The summed E-state index contributed by atoms with van der Waals surface area (Å²) in [6, 6.07) is 6.18. The Kier molecular flexibility index (Phi) is 4.24. The number of rotatable bonds is 2. The zero-order valence-corrected chi connectivity index (χ0v) is 14.2. The molecule has 0 fully saturated rings. The lowest BCUT2D eigenvalue weighted by molar-refractivity contribution is 0.429. The lowest BCUT2D eigenvalue weighted by Crippen LogP contribution is -2.13. The average Bonchev–Trinajstić information content (AvgIpc) is 2.40. The standard InChI is InChI=1S/C17H21ClN2O/c1-10-7-8-14(13(9-10)17(4,5)6)21-16-12(3)11(2)15(18)19-20-16/h7-9H,1-6H3. The van der Waals surface area contributed by atoms with Gasteiger partial charge < -0.3 is 4.74 Å². The molecule has 0 unspecified atom stereocenters. The molecule has 0 saturated carbocycles. The summed E-state index contributed by atoms with van der Waals surface area (Å²) in [6.07, 6.45) is 0. The van der Waals surface area contributed by atoms with Gasteiger partial charge in [-0.1, -0.05) is 50.1 Å². The van der Waals surface area contributed by atoms with Crippen molar-refractivity contribution in [1.29, 1.82) is 0 Å². The van der Waals surface area contributed by atoms with Crippen LogP contribution in [-0.2, 0) is 5.41 Å². The van der Waals surface area contributed by atoms with Crippen molar-refractivity contribution in [3.63, 3.8) is 0 Å². The Bertz CT molecular complexity index is 675. The summed E-state index contributed by atoms with van der Waals surface area (Å²) in [5.74, 6) is 1.32. The first-order chi connectivity index (χ1) is 9.70. The van der Waals surface area contributed by atoms with Crippen molar-refractivity contribution in [2.24, 2.45) is 0 Å². The monoisotopic (exact) mass is 304 g/mol. The van der Waals surface area contributed by atoms with Crippen LogP contribution in [0.25, 0.3) is 0 Å². The molecule has 0 N–H and O–H groups in total. The third kappa shape index (κ3) is 3.35. The zero-order valence-electron chi connectivity index (χ0n) is 13.4. The Morgan fingerprint density at radius 1 is 1.00 bits per heavy atom. The van der Waals surface area contributed by atoms with Gasteiger partial charge in [-0.25, -0.2) is 0 Å². The molecule has 0 atom stereocenters. The van der Waals surface area contributed by atoms with Gasteiger partial charge in [-0.3, -0.25) is 0 Å². The zero-order chi connectivity index (χ0) is 15.8. The predicted molar refractivity (Wildman–Crippen MR) is 86.5 cm³/mol. The Balaban J connectivity index is 2.48. The Morgan fingerprint density at radius 2 is 1.67 bits per heavy atom. The molecule has 0 aliphatic carbocycles. The summed E-state index contributed by atoms with van der Waals surface area (Å²) in [6.45, 7) is 12.4. The molecule has 0 aliphatic rings. The maximum Gasteiger partial charge on any atom is 0.242 e. The third-order valence-electron chi connectivity index (χ3n) is 3.57. The smallest absolute Gasteiger partial charge is 0.242 e. The van der Waals surface area contributed by atoms with Crippen molar-refractivity contribution in [2.75, 3.05) is 0 Å². The summed E-state index contributed by atoms with van der Waals surface area (Å²) in [7, 11) is 0. The van der Waals surface area contributed by atoms with Gasteiger partial charge in [-0.15, -0.1) is 10.2 Å². The Hall–Kier alpha value is -1.61. The van der Waals surface area contributed by atoms with E-state index in [-0.39, 0.29) is 5.41 Å². The highest BCUT2D eigenvalue weighted by Crippen LogP contribution is 2.35. The lowest BCUT2D eigenvalue weighted by atomic mass is 9.85. The highest BCUT2D eigenvalue weighted by molar-refractivity contribution is 6.30. The molecule has 2 aromatic rings. The second-order valence-corrected chi connectivity index (χ2v) is 6.76. The second-order valence-electron chi connectivity index (χ2n) is 6.40. The van der Waals surface area contributed by atoms with E-state index in [1.807, 2.05) is 26.0 Å². The number of ether oxygens (including phenoxy) is 1. The molecule has 0 aliphatic heterocycles. The summed E-state index contributed by atoms with van der Waals surface area (Å²) in [4.78, 5) is 0. The largest absolute Gasteiger partial charge is 0.437 e.